The largest absolute Gasteiger partial charge is 0.309 e. The van der Waals surface area contributed by atoms with Crippen LogP contribution in [0, 0.1) is 13.8 Å². The minimum atomic E-state index is 0.355. The molecule has 2 nitrogen and oxygen atoms in total. The quantitative estimate of drug-likeness (QED) is 0.128. The molecule has 2 atom stereocenters. The second kappa shape index (κ2) is 15.2. The van der Waals surface area contributed by atoms with Gasteiger partial charge in [0.1, 0.15) is 0 Å². The number of fused-ring (bicyclic) bond motifs is 2. The van der Waals surface area contributed by atoms with Crippen LogP contribution in [0.25, 0.3) is 53.9 Å². The molecule has 0 fully saturated rings. The molecule has 0 saturated carbocycles. The molecule has 2 heteroatoms. The highest BCUT2D eigenvalue weighted by molar-refractivity contribution is 6.30. The standard InChI is InChI=1S/C58H52N2/c1-7-39(5)51-35-55(59(43-23-13-17-37(3)33-43)53-27-15-21-41-19-9-11-25-45(41)53)49-32-30-48-52(40(6)8-2)36-56(50-31-29-47(51)57(49)58(48)50)60(44-24-14-18-38(4)34-44)54-28-16-22-42-20-10-12-26-46(42)54/h9-36,39-40H,7-8H2,1-6H3. The molecule has 0 spiro atoms. The Balaban J connectivity index is 1.37. The summed E-state index contributed by atoms with van der Waals surface area (Å²) in [6, 6.07) is 63.9. The van der Waals surface area contributed by atoms with Gasteiger partial charge in [-0.1, -0.05) is 149 Å². The zero-order valence-corrected chi connectivity index (χ0v) is 35.6. The minimum absolute atomic E-state index is 0.355. The molecule has 0 amide bonds. The van der Waals surface area contributed by atoms with Gasteiger partial charge in [-0.2, -0.15) is 0 Å². The van der Waals surface area contributed by atoms with Gasteiger partial charge in [0, 0.05) is 32.9 Å². The highest BCUT2D eigenvalue weighted by Gasteiger charge is 2.27. The van der Waals surface area contributed by atoms with Crippen molar-refractivity contribution in [2.24, 2.45) is 0 Å². The predicted octanol–water partition coefficient (Wildman–Crippen LogP) is 17.5. The van der Waals surface area contributed by atoms with Crippen molar-refractivity contribution in [1.29, 1.82) is 0 Å². The molecule has 0 bridgehead atoms. The van der Waals surface area contributed by atoms with E-state index in [1.165, 1.54) is 110 Å². The van der Waals surface area contributed by atoms with Gasteiger partial charge in [0.25, 0.3) is 0 Å². The summed E-state index contributed by atoms with van der Waals surface area (Å²) in [7, 11) is 0. The first kappa shape index (κ1) is 37.6. The van der Waals surface area contributed by atoms with Crippen LogP contribution in [-0.4, -0.2) is 0 Å². The summed E-state index contributed by atoms with van der Waals surface area (Å²) >= 11 is 0. The summed E-state index contributed by atoms with van der Waals surface area (Å²) in [4.78, 5) is 5.08. The SMILES string of the molecule is CCC(C)c1cc(N(c2cccc(C)c2)c2cccc3ccccc23)c2ccc3c(C(C)CC)cc(N(c4cccc(C)c4)c4cccc5ccccc45)c4ccc1c2c34. The Bertz CT molecular complexity index is 2980. The van der Waals surface area contributed by atoms with Crippen molar-refractivity contribution >= 4 is 88.0 Å². The number of aryl methyl sites for hydroxylation is 2. The van der Waals surface area contributed by atoms with E-state index in [-0.39, 0.29) is 0 Å². The van der Waals surface area contributed by atoms with Crippen molar-refractivity contribution in [2.75, 3.05) is 9.80 Å². The molecule has 0 aliphatic rings. The van der Waals surface area contributed by atoms with E-state index in [0.29, 0.717) is 11.8 Å². The van der Waals surface area contributed by atoms with Gasteiger partial charge < -0.3 is 9.80 Å². The van der Waals surface area contributed by atoms with Gasteiger partial charge in [-0.15, -0.1) is 0 Å². The first-order chi connectivity index (χ1) is 29.3. The van der Waals surface area contributed by atoms with Gasteiger partial charge in [-0.3, -0.25) is 0 Å². The maximum absolute atomic E-state index is 2.54. The smallest absolute Gasteiger partial charge is 0.0543 e. The van der Waals surface area contributed by atoms with Crippen molar-refractivity contribution in [3.63, 3.8) is 0 Å². The van der Waals surface area contributed by atoms with E-state index in [2.05, 4.69) is 221 Å². The Kier molecular flexibility index (Phi) is 9.52. The van der Waals surface area contributed by atoms with Crippen LogP contribution in [0.2, 0.25) is 0 Å². The molecule has 0 aliphatic carbocycles. The van der Waals surface area contributed by atoms with E-state index in [4.69, 9.17) is 0 Å². The molecular formula is C58H52N2. The normalized spacial score (nSPS) is 12.8. The fourth-order valence-electron chi connectivity index (χ4n) is 9.79. The lowest BCUT2D eigenvalue weighted by atomic mass is 9.82. The molecule has 10 rings (SSSR count). The van der Waals surface area contributed by atoms with Crippen LogP contribution in [0.3, 0.4) is 0 Å². The lowest BCUT2D eigenvalue weighted by Gasteiger charge is -2.32. The van der Waals surface area contributed by atoms with Crippen LogP contribution in [0.1, 0.15) is 74.6 Å². The molecule has 10 aromatic carbocycles. The van der Waals surface area contributed by atoms with Gasteiger partial charge >= 0.3 is 0 Å². The van der Waals surface area contributed by atoms with E-state index in [1.807, 2.05) is 0 Å². The van der Waals surface area contributed by atoms with Crippen LogP contribution in [0.5, 0.6) is 0 Å². The Morgan fingerprint density at radius 1 is 0.367 bits per heavy atom. The fourth-order valence-corrected chi connectivity index (χ4v) is 9.79. The Hall–Kier alpha value is -6.64. The predicted molar refractivity (Wildman–Crippen MR) is 261 cm³/mol. The third-order valence-corrected chi connectivity index (χ3v) is 13.2. The summed E-state index contributed by atoms with van der Waals surface area (Å²) in [5.41, 5.74) is 12.4. The first-order valence-corrected chi connectivity index (χ1v) is 21.8. The molecular weight excluding hydrogens is 725 g/mol. The third-order valence-electron chi connectivity index (χ3n) is 13.2. The first-order valence-electron chi connectivity index (χ1n) is 21.8. The Morgan fingerprint density at radius 3 is 1.17 bits per heavy atom. The fraction of sp³-hybridized carbons (Fsp3) is 0.172. The van der Waals surface area contributed by atoms with E-state index in [1.54, 1.807) is 0 Å². The number of rotatable bonds is 10. The summed E-state index contributed by atoms with van der Waals surface area (Å²) in [5, 5.41) is 12.9. The molecule has 0 radical (unpaired) electrons. The third kappa shape index (κ3) is 6.16. The molecule has 2 unspecified atom stereocenters. The number of nitrogens with zero attached hydrogens (tertiary/aromatic N) is 2. The molecule has 0 N–H and O–H groups in total. The van der Waals surface area contributed by atoms with Crippen molar-refractivity contribution in [2.45, 2.75) is 66.2 Å². The number of hydrogen-bond acceptors (Lipinski definition) is 2. The highest BCUT2D eigenvalue weighted by Crippen LogP contribution is 2.52. The van der Waals surface area contributed by atoms with E-state index in [0.717, 1.165) is 12.8 Å². The summed E-state index contributed by atoms with van der Waals surface area (Å²) in [5.74, 6) is 0.710. The Labute approximate surface area is 354 Å². The molecule has 10 aromatic rings. The maximum atomic E-state index is 2.54. The van der Waals surface area contributed by atoms with Crippen LogP contribution >= 0.6 is 0 Å². The van der Waals surface area contributed by atoms with Crippen molar-refractivity contribution in [3.05, 3.63) is 192 Å². The monoisotopic (exact) mass is 776 g/mol. The molecule has 0 heterocycles. The highest BCUT2D eigenvalue weighted by atomic mass is 15.2. The second-order valence-corrected chi connectivity index (χ2v) is 17.0. The maximum Gasteiger partial charge on any atom is 0.0543 e. The van der Waals surface area contributed by atoms with Crippen LogP contribution in [-0.2, 0) is 0 Å². The summed E-state index contributed by atoms with van der Waals surface area (Å²) in [6.07, 6.45) is 2.10. The lowest BCUT2D eigenvalue weighted by molar-refractivity contribution is 0.739. The molecule has 60 heavy (non-hydrogen) atoms. The van der Waals surface area contributed by atoms with E-state index < -0.39 is 0 Å². The van der Waals surface area contributed by atoms with Gasteiger partial charge in [-0.25, -0.2) is 0 Å². The average Bonchev–Trinajstić information content (AvgIpc) is 3.28. The van der Waals surface area contributed by atoms with Crippen LogP contribution < -0.4 is 9.80 Å². The molecule has 294 valence electrons. The average molecular weight is 777 g/mol. The van der Waals surface area contributed by atoms with E-state index >= 15 is 0 Å². The van der Waals surface area contributed by atoms with Crippen LogP contribution in [0.4, 0.5) is 34.1 Å². The van der Waals surface area contributed by atoms with Gasteiger partial charge in [0.2, 0.25) is 0 Å². The van der Waals surface area contributed by atoms with Crippen molar-refractivity contribution < 1.29 is 0 Å². The zero-order valence-electron chi connectivity index (χ0n) is 35.6. The van der Waals surface area contributed by atoms with Gasteiger partial charge in [-0.05, 0) is 142 Å². The zero-order chi connectivity index (χ0) is 41.1. The van der Waals surface area contributed by atoms with Crippen molar-refractivity contribution in [3.8, 4) is 0 Å². The lowest BCUT2D eigenvalue weighted by Crippen LogP contribution is -2.14. The Morgan fingerprint density at radius 2 is 0.750 bits per heavy atom. The number of benzene rings is 10. The topological polar surface area (TPSA) is 6.48 Å². The summed E-state index contributed by atoms with van der Waals surface area (Å²) < 4.78 is 0. The minimum Gasteiger partial charge on any atom is -0.309 e. The van der Waals surface area contributed by atoms with Crippen molar-refractivity contribution in [1.82, 2.24) is 0 Å². The molecule has 0 saturated heterocycles. The molecule has 0 aliphatic heterocycles. The van der Waals surface area contributed by atoms with Gasteiger partial charge in [0.15, 0.2) is 0 Å². The van der Waals surface area contributed by atoms with E-state index in [9.17, 15) is 0 Å². The van der Waals surface area contributed by atoms with Gasteiger partial charge in [0.05, 0.1) is 22.7 Å². The summed E-state index contributed by atoms with van der Waals surface area (Å²) in [6.45, 7) is 13.9. The molecule has 0 aromatic heterocycles. The number of hydrogen-bond donors (Lipinski definition) is 0. The second-order valence-electron chi connectivity index (χ2n) is 17.0. The van der Waals surface area contributed by atoms with Crippen LogP contribution in [0.15, 0.2) is 170 Å². The number of anilines is 6.